The molecular weight excluding hydrogens is 551 g/mol. The molecule has 4 heterocycles. The van der Waals surface area contributed by atoms with Gasteiger partial charge in [-0.2, -0.15) is 5.10 Å². The molecule has 7 nitrogen and oxygen atoms in total. The Bertz CT molecular complexity index is 1640. The summed E-state index contributed by atoms with van der Waals surface area (Å²) in [6, 6.07) is 6.04. The third-order valence-electron chi connectivity index (χ3n) is 10.8. The van der Waals surface area contributed by atoms with Crippen LogP contribution in [0.15, 0.2) is 47.9 Å². The van der Waals surface area contributed by atoms with Crippen molar-refractivity contribution in [3.05, 3.63) is 76.6 Å². The topological polar surface area (TPSA) is 75.4 Å². The predicted molar refractivity (Wildman–Crippen MR) is 173 cm³/mol. The second-order valence-corrected chi connectivity index (χ2v) is 13.5. The van der Waals surface area contributed by atoms with Crippen molar-refractivity contribution in [2.24, 2.45) is 10.9 Å². The third-order valence-corrected chi connectivity index (χ3v) is 10.8. The number of anilines is 1. The van der Waals surface area contributed by atoms with Gasteiger partial charge in [0.2, 0.25) is 0 Å². The number of aromatic nitrogens is 3. The van der Waals surface area contributed by atoms with E-state index in [0.29, 0.717) is 35.3 Å². The zero-order valence-corrected chi connectivity index (χ0v) is 26.2. The van der Waals surface area contributed by atoms with Gasteiger partial charge < -0.3 is 10.2 Å². The van der Waals surface area contributed by atoms with Crippen molar-refractivity contribution in [2.75, 3.05) is 25.5 Å². The SMILES string of the molecule is CC1=Nc2c(F)cc(C3=CCc4ncc(C(=O)Nc5cnn(C6CCN(C)CC6)c5)cc43)cc2C1(C)C1CCCCCCC1. The highest BCUT2D eigenvalue weighted by atomic mass is 19.1. The Morgan fingerprint density at radius 3 is 2.55 bits per heavy atom. The number of carbonyl (C=O) groups excluding carboxylic acids is 1. The number of benzene rings is 1. The fourth-order valence-electron chi connectivity index (χ4n) is 7.95. The van der Waals surface area contributed by atoms with Gasteiger partial charge in [-0.05, 0) is 100 Å². The molecule has 1 amide bonds. The van der Waals surface area contributed by atoms with Crippen LogP contribution in [0.2, 0.25) is 0 Å². The number of hydrogen-bond acceptors (Lipinski definition) is 5. The molecule has 2 aromatic heterocycles. The van der Waals surface area contributed by atoms with Crippen LogP contribution < -0.4 is 5.32 Å². The quantitative estimate of drug-likeness (QED) is 0.329. The lowest BCUT2D eigenvalue weighted by atomic mass is 9.65. The highest BCUT2D eigenvalue weighted by Gasteiger charge is 2.44. The molecule has 0 bridgehead atoms. The van der Waals surface area contributed by atoms with E-state index in [1.54, 1.807) is 18.5 Å². The van der Waals surface area contributed by atoms with Gasteiger partial charge in [0, 0.05) is 35.5 Å². The van der Waals surface area contributed by atoms with E-state index in [-0.39, 0.29) is 17.1 Å². The molecule has 2 aliphatic heterocycles. The molecular formula is C36H43FN6O. The van der Waals surface area contributed by atoms with Crippen molar-refractivity contribution in [3.8, 4) is 0 Å². The number of piperidine rings is 1. The van der Waals surface area contributed by atoms with Crippen LogP contribution in [0, 0.1) is 11.7 Å². The Balaban J connectivity index is 1.14. The Morgan fingerprint density at radius 2 is 1.77 bits per heavy atom. The van der Waals surface area contributed by atoms with Crippen molar-refractivity contribution < 1.29 is 9.18 Å². The normalized spacial score (nSPS) is 23.0. The Labute approximate surface area is 259 Å². The second-order valence-electron chi connectivity index (χ2n) is 13.5. The number of nitrogens with zero attached hydrogens (tertiary/aromatic N) is 5. The Kier molecular flexibility index (Phi) is 7.73. The molecule has 2 fully saturated rings. The number of fused-ring (bicyclic) bond motifs is 2. The molecule has 1 aromatic carbocycles. The molecule has 1 unspecified atom stereocenters. The minimum Gasteiger partial charge on any atom is -0.319 e. The number of rotatable bonds is 5. The molecule has 4 aliphatic rings. The van der Waals surface area contributed by atoms with Crippen molar-refractivity contribution in [2.45, 2.75) is 89.5 Å². The summed E-state index contributed by atoms with van der Waals surface area (Å²) in [7, 11) is 2.14. The number of hydrogen-bond donors (Lipinski definition) is 1. The average molecular weight is 595 g/mol. The van der Waals surface area contributed by atoms with Gasteiger partial charge in [0.15, 0.2) is 0 Å². The summed E-state index contributed by atoms with van der Waals surface area (Å²) < 4.78 is 17.8. The molecule has 1 atom stereocenters. The smallest absolute Gasteiger partial charge is 0.257 e. The fourth-order valence-corrected chi connectivity index (χ4v) is 7.95. The van der Waals surface area contributed by atoms with Gasteiger partial charge in [0.1, 0.15) is 11.5 Å². The first kappa shape index (κ1) is 29.1. The maximum Gasteiger partial charge on any atom is 0.257 e. The van der Waals surface area contributed by atoms with Gasteiger partial charge in [-0.15, -0.1) is 0 Å². The molecule has 0 radical (unpaired) electrons. The van der Waals surface area contributed by atoms with Crippen LogP contribution in [0.25, 0.3) is 5.57 Å². The van der Waals surface area contributed by atoms with Gasteiger partial charge >= 0.3 is 0 Å². The number of nitrogens with one attached hydrogen (secondary N) is 1. The molecule has 44 heavy (non-hydrogen) atoms. The Morgan fingerprint density at radius 1 is 1.02 bits per heavy atom. The first-order valence-corrected chi connectivity index (χ1v) is 16.4. The molecule has 7 rings (SSSR count). The van der Waals surface area contributed by atoms with Crippen LogP contribution in [-0.2, 0) is 11.8 Å². The van der Waals surface area contributed by atoms with Crippen LogP contribution >= 0.6 is 0 Å². The summed E-state index contributed by atoms with van der Waals surface area (Å²) in [6.07, 6.45) is 18.7. The number of halogens is 1. The number of amides is 1. The summed E-state index contributed by atoms with van der Waals surface area (Å²) in [5.74, 6) is -0.0483. The third kappa shape index (κ3) is 5.21. The van der Waals surface area contributed by atoms with Gasteiger partial charge in [-0.25, -0.2) is 4.39 Å². The van der Waals surface area contributed by atoms with E-state index >= 15 is 4.39 Å². The minimum atomic E-state index is -0.274. The maximum absolute atomic E-state index is 15.8. The van der Waals surface area contributed by atoms with Crippen molar-refractivity contribution in [3.63, 3.8) is 0 Å². The molecule has 1 N–H and O–H groups in total. The molecule has 1 saturated heterocycles. The summed E-state index contributed by atoms with van der Waals surface area (Å²) in [5.41, 5.74) is 6.97. The summed E-state index contributed by atoms with van der Waals surface area (Å²) >= 11 is 0. The van der Waals surface area contributed by atoms with Crippen molar-refractivity contribution in [1.29, 1.82) is 0 Å². The zero-order valence-electron chi connectivity index (χ0n) is 26.2. The molecule has 0 spiro atoms. The van der Waals surface area contributed by atoms with Crippen LogP contribution in [0.3, 0.4) is 0 Å². The molecule has 2 aliphatic carbocycles. The Hall–Kier alpha value is -3.65. The maximum atomic E-state index is 15.8. The first-order valence-electron chi connectivity index (χ1n) is 16.4. The van der Waals surface area contributed by atoms with Gasteiger partial charge in [-0.1, -0.05) is 38.2 Å². The predicted octanol–water partition coefficient (Wildman–Crippen LogP) is 7.65. The van der Waals surface area contributed by atoms with E-state index in [0.717, 1.165) is 72.4 Å². The summed E-state index contributed by atoms with van der Waals surface area (Å²) in [4.78, 5) is 25.1. The number of pyridine rings is 1. The largest absolute Gasteiger partial charge is 0.319 e. The second kappa shape index (κ2) is 11.7. The first-order chi connectivity index (χ1) is 21.3. The van der Waals surface area contributed by atoms with Crippen LogP contribution in [-0.4, -0.2) is 51.4 Å². The number of carbonyl (C=O) groups is 1. The fraction of sp³-hybridized carbons (Fsp3) is 0.500. The number of aliphatic imine (C=N–C) groups is 1. The zero-order chi connectivity index (χ0) is 30.4. The van der Waals surface area contributed by atoms with Gasteiger partial charge in [0.05, 0.1) is 29.2 Å². The van der Waals surface area contributed by atoms with Crippen LogP contribution in [0.4, 0.5) is 15.8 Å². The highest BCUT2D eigenvalue weighted by Crippen LogP contribution is 2.51. The molecule has 230 valence electrons. The molecule has 3 aromatic rings. The van der Waals surface area contributed by atoms with Gasteiger partial charge in [-0.3, -0.25) is 19.5 Å². The van der Waals surface area contributed by atoms with Crippen LogP contribution in [0.1, 0.15) is 110 Å². The van der Waals surface area contributed by atoms with E-state index in [4.69, 9.17) is 4.99 Å². The highest BCUT2D eigenvalue weighted by molar-refractivity contribution is 6.05. The monoisotopic (exact) mass is 594 g/mol. The number of allylic oxidation sites excluding steroid dienone is 1. The average Bonchev–Trinajstić information content (AvgIpc) is 3.70. The van der Waals surface area contributed by atoms with Crippen LogP contribution in [0.5, 0.6) is 0 Å². The minimum absolute atomic E-state index is 0.226. The standard InChI is InChI=1S/C36H43FN6O/c1-23-36(2,26-9-7-5-4-6-8-10-26)31-18-24(19-32(37)34(31)40-23)29-11-12-33-30(29)17-25(20-38-33)35(44)41-27-21-39-43(22-27)28-13-15-42(3)16-14-28/h11,17-22,26,28H,4-10,12-16H2,1-3H3,(H,41,44). The lowest BCUT2D eigenvalue weighted by Crippen LogP contribution is -2.37. The lowest BCUT2D eigenvalue weighted by molar-refractivity contribution is 0.102. The van der Waals surface area contributed by atoms with E-state index in [9.17, 15) is 4.79 Å². The number of likely N-dealkylation sites (tertiary alicyclic amines) is 1. The van der Waals surface area contributed by atoms with Gasteiger partial charge in [0.25, 0.3) is 5.91 Å². The van der Waals surface area contributed by atoms with Crippen molar-refractivity contribution >= 4 is 28.6 Å². The lowest BCUT2D eigenvalue weighted by Gasteiger charge is -2.37. The van der Waals surface area contributed by atoms with E-state index < -0.39 is 0 Å². The molecule has 8 heteroatoms. The van der Waals surface area contributed by atoms with Crippen molar-refractivity contribution in [1.82, 2.24) is 19.7 Å². The van der Waals surface area contributed by atoms with E-state index in [1.165, 1.54) is 32.1 Å². The molecule has 1 saturated carbocycles. The van der Waals surface area contributed by atoms with E-state index in [2.05, 4.69) is 53.3 Å². The van der Waals surface area contributed by atoms with E-state index in [1.807, 2.05) is 16.9 Å². The summed E-state index contributed by atoms with van der Waals surface area (Å²) in [5, 5.41) is 7.54. The summed E-state index contributed by atoms with van der Waals surface area (Å²) in [6.45, 7) is 6.45.